The Morgan fingerprint density at radius 2 is 2.00 bits per heavy atom. The van der Waals surface area contributed by atoms with Crippen molar-refractivity contribution in [1.82, 2.24) is 0 Å². The van der Waals surface area contributed by atoms with Gasteiger partial charge in [0.25, 0.3) is 0 Å². The van der Waals surface area contributed by atoms with E-state index < -0.39 is 0 Å². The molecule has 14 heavy (non-hydrogen) atoms. The minimum Gasteiger partial charge on any atom is -0.360 e. The van der Waals surface area contributed by atoms with Gasteiger partial charge in [0.1, 0.15) is 5.50 Å². The molecule has 1 aliphatic heterocycles. The summed E-state index contributed by atoms with van der Waals surface area (Å²) in [7, 11) is 0. The van der Waals surface area contributed by atoms with Gasteiger partial charge in [-0.3, -0.25) is 0 Å². The Hall–Kier alpha value is -1.19. The van der Waals surface area contributed by atoms with Gasteiger partial charge in [-0.05, 0) is 11.5 Å². The summed E-state index contributed by atoms with van der Waals surface area (Å²) in [6.07, 6.45) is 0. The number of thioether (sulfide) groups is 1. The molecule has 0 fully saturated rings. The Labute approximate surface area is 86.5 Å². The molecule has 3 N–H and O–H groups in total. The number of anilines is 1. The molecule has 1 atom stereocenters. The van der Waals surface area contributed by atoms with Gasteiger partial charge >= 0.3 is 0 Å². The fourth-order valence-electron chi connectivity index (χ4n) is 1.81. The van der Waals surface area contributed by atoms with Gasteiger partial charge < -0.3 is 11.1 Å². The van der Waals surface area contributed by atoms with E-state index in [4.69, 9.17) is 5.73 Å². The topological polar surface area (TPSA) is 38.0 Å². The van der Waals surface area contributed by atoms with Crippen molar-refractivity contribution in [2.24, 2.45) is 5.73 Å². The van der Waals surface area contributed by atoms with Crippen LogP contribution in [0, 0.1) is 0 Å². The van der Waals surface area contributed by atoms with E-state index in [2.05, 4.69) is 41.7 Å². The zero-order valence-corrected chi connectivity index (χ0v) is 8.34. The number of nitrogens with one attached hydrogen (secondary N) is 1. The summed E-state index contributed by atoms with van der Waals surface area (Å²) < 4.78 is 0. The van der Waals surface area contributed by atoms with Crippen molar-refractivity contribution in [3.05, 3.63) is 36.4 Å². The van der Waals surface area contributed by atoms with Crippen molar-refractivity contribution in [3.63, 3.8) is 0 Å². The van der Waals surface area contributed by atoms with Crippen molar-refractivity contribution in [1.29, 1.82) is 0 Å². The minimum atomic E-state index is -0.00388. The van der Waals surface area contributed by atoms with Crippen LogP contribution in [0.5, 0.6) is 0 Å². The normalized spacial score (nSPS) is 19.4. The molecule has 3 rings (SSSR count). The Bertz CT molecular complexity index is 496. The molecular formula is C11H10N2S. The lowest BCUT2D eigenvalue weighted by Crippen LogP contribution is -2.20. The monoisotopic (exact) mass is 202 g/mol. The molecule has 0 saturated heterocycles. The third-order valence-corrected chi connectivity index (χ3v) is 3.40. The number of rotatable bonds is 0. The fraction of sp³-hybridized carbons (Fsp3) is 0.0909. The number of hydrogen-bond acceptors (Lipinski definition) is 3. The van der Waals surface area contributed by atoms with Crippen LogP contribution in [0.1, 0.15) is 0 Å². The highest BCUT2D eigenvalue weighted by Crippen LogP contribution is 2.40. The average molecular weight is 202 g/mol. The molecular weight excluding hydrogens is 192 g/mol. The largest absolute Gasteiger partial charge is 0.360 e. The first-order valence-corrected chi connectivity index (χ1v) is 5.43. The van der Waals surface area contributed by atoms with E-state index in [1.807, 2.05) is 0 Å². The highest BCUT2D eigenvalue weighted by Gasteiger charge is 2.19. The standard InChI is InChI=1S/C11H10N2S/c12-11-13-10-8-4-2-1-3-7(8)5-6-9(10)14-11/h1-6,11,13H,12H2. The van der Waals surface area contributed by atoms with Crippen LogP contribution < -0.4 is 11.1 Å². The van der Waals surface area contributed by atoms with Crippen molar-refractivity contribution in [2.45, 2.75) is 10.4 Å². The number of nitrogens with two attached hydrogens (primary N) is 1. The zero-order chi connectivity index (χ0) is 9.54. The zero-order valence-electron chi connectivity index (χ0n) is 7.53. The lowest BCUT2D eigenvalue weighted by atomic mass is 10.1. The van der Waals surface area contributed by atoms with Crippen LogP contribution >= 0.6 is 11.8 Å². The summed E-state index contributed by atoms with van der Waals surface area (Å²) >= 11 is 1.67. The van der Waals surface area contributed by atoms with Crippen molar-refractivity contribution in [2.75, 3.05) is 5.32 Å². The molecule has 0 bridgehead atoms. The average Bonchev–Trinajstić information content (AvgIpc) is 2.59. The quantitative estimate of drug-likeness (QED) is 0.689. The van der Waals surface area contributed by atoms with E-state index in [1.54, 1.807) is 11.8 Å². The van der Waals surface area contributed by atoms with E-state index in [9.17, 15) is 0 Å². The first-order chi connectivity index (χ1) is 6.84. The molecule has 0 saturated carbocycles. The molecule has 0 amide bonds. The molecule has 3 heteroatoms. The summed E-state index contributed by atoms with van der Waals surface area (Å²) in [6.45, 7) is 0. The molecule has 2 aromatic carbocycles. The Balaban J connectivity index is 2.33. The van der Waals surface area contributed by atoms with Crippen molar-refractivity contribution >= 4 is 28.2 Å². The van der Waals surface area contributed by atoms with Gasteiger partial charge in [0.15, 0.2) is 0 Å². The van der Waals surface area contributed by atoms with Crippen LogP contribution in [-0.4, -0.2) is 5.50 Å². The Kier molecular flexibility index (Phi) is 1.69. The minimum absolute atomic E-state index is 0.00388. The second-order valence-corrected chi connectivity index (χ2v) is 4.53. The van der Waals surface area contributed by atoms with Gasteiger partial charge in [-0.2, -0.15) is 0 Å². The molecule has 0 aromatic heterocycles. The van der Waals surface area contributed by atoms with Gasteiger partial charge in [-0.15, -0.1) is 0 Å². The van der Waals surface area contributed by atoms with Gasteiger partial charge in [0.2, 0.25) is 0 Å². The third kappa shape index (κ3) is 1.10. The first-order valence-electron chi connectivity index (χ1n) is 4.55. The molecule has 0 spiro atoms. The van der Waals surface area contributed by atoms with Crippen molar-refractivity contribution < 1.29 is 0 Å². The second kappa shape index (κ2) is 2.90. The van der Waals surface area contributed by atoms with Crippen LogP contribution in [0.4, 0.5) is 5.69 Å². The molecule has 2 aromatic rings. The summed E-state index contributed by atoms with van der Waals surface area (Å²) in [5.74, 6) is 0. The van der Waals surface area contributed by atoms with Gasteiger partial charge in [0.05, 0.1) is 5.69 Å². The lowest BCUT2D eigenvalue weighted by Gasteiger charge is -2.05. The number of hydrogen-bond donors (Lipinski definition) is 2. The predicted octanol–water partition coefficient (Wildman–Crippen LogP) is 2.60. The van der Waals surface area contributed by atoms with Crippen molar-refractivity contribution in [3.8, 4) is 0 Å². The summed E-state index contributed by atoms with van der Waals surface area (Å²) in [5, 5.41) is 5.79. The van der Waals surface area contributed by atoms with Crippen LogP contribution in [0.2, 0.25) is 0 Å². The summed E-state index contributed by atoms with van der Waals surface area (Å²) in [4.78, 5) is 1.25. The third-order valence-electron chi connectivity index (χ3n) is 2.43. The maximum Gasteiger partial charge on any atom is 0.127 e. The number of benzene rings is 2. The number of fused-ring (bicyclic) bond motifs is 3. The fourth-order valence-corrected chi connectivity index (χ4v) is 2.69. The molecule has 1 aliphatic rings. The predicted molar refractivity (Wildman–Crippen MR) is 61.4 cm³/mol. The van der Waals surface area contributed by atoms with Gasteiger partial charge in [-0.1, -0.05) is 42.1 Å². The van der Waals surface area contributed by atoms with E-state index in [-0.39, 0.29) is 5.50 Å². The first kappa shape index (κ1) is 8.15. The summed E-state index contributed by atoms with van der Waals surface area (Å²) in [6, 6.07) is 12.6. The second-order valence-electron chi connectivity index (χ2n) is 3.34. The Morgan fingerprint density at radius 1 is 1.14 bits per heavy atom. The van der Waals surface area contributed by atoms with Crippen LogP contribution in [0.15, 0.2) is 41.3 Å². The van der Waals surface area contributed by atoms with E-state index in [1.165, 1.54) is 21.4 Å². The molecule has 1 unspecified atom stereocenters. The molecule has 0 radical (unpaired) electrons. The van der Waals surface area contributed by atoms with E-state index in [0.717, 1.165) is 0 Å². The molecule has 70 valence electrons. The lowest BCUT2D eigenvalue weighted by molar-refractivity contribution is 1.08. The SMILES string of the molecule is NC1Nc2c(ccc3ccccc23)S1. The van der Waals surface area contributed by atoms with E-state index >= 15 is 0 Å². The molecule has 2 nitrogen and oxygen atoms in total. The smallest absolute Gasteiger partial charge is 0.127 e. The summed E-state index contributed by atoms with van der Waals surface area (Å²) in [5.41, 5.74) is 7.01. The Morgan fingerprint density at radius 3 is 2.93 bits per heavy atom. The molecule has 1 heterocycles. The maximum atomic E-state index is 5.83. The molecule has 0 aliphatic carbocycles. The van der Waals surface area contributed by atoms with Gasteiger partial charge in [-0.25, -0.2) is 0 Å². The highest BCUT2D eigenvalue weighted by molar-refractivity contribution is 8.00. The van der Waals surface area contributed by atoms with E-state index in [0.29, 0.717) is 0 Å². The maximum absolute atomic E-state index is 5.83. The highest BCUT2D eigenvalue weighted by atomic mass is 32.2. The van der Waals surface area contributed by atoms with Crippen LogP contribution in [-0.2, 0) is 0 Å². The van der Waals surface area contributed by atoms with Crippen LogP contribution in [0.25, 0.3) is 10.8 Å². The van der Waals surface area contributed by atoms with Crippen LogP contribution in [0.3, 0.4) is 0 Å². The van der Waals surface area contributed by atoms with Gasteiger partial charge in [0, 0.05) is 10.3 Å².